The number of nitrogen functional groups attached to an aromatic ring is 1. The number of amides is 1. The van der Waals surface area contributed by atoms with Crippen LogP contribution < -0.4 is 5.73 Å². The molecule has 0 aliphatic heterocycles. The number of carbonyl (C=O) groups excluding carboxylic acids is 1. The Balaban J connectivity index is 3.19. The molecule has 0 aliphatic rings. The molecule has 1 rings (SSSR count). The summed E-state index contributed by atoms with van der Waals surface area (Å²) in [5, 5.41) is 16.1. The van der Waals surface area contributed by atoms with Crippen LogP contribution in [0.4, 0.5) is 5.69 Å². The minimum atomic E-state index is -0.356. The van der Waals surface area contributed by atoms with Gasteiger partial charge in [0.05, 0.1) is 0 Å². The van der Waals surface area contributed by atoms with Crippen LogP contribution in [-0.4, -0.2) is 31.1 Å². The second kappa shape index (κ2) is 5.64. The fraction of sp³-hybridized carbons (Fsp3) is 0.154. The number of benzene rings is 1. The van der Waals surface area contributed by atoms with Crippen molar-refractivity contribution in [2.24, 2.45) is 0 Å². The average molecular weight is 242 g/mol. The molecule has 0 unspecified atom stereocenters. The molecule has 0 spiro atoms. The fourth-order valence-electron chi connectivity index (χ4n) is 1.36. The van der Waals surface area contributed by atoms with Gasteiger partial charge in [0.25, 0.3) is 5.91 Å². The van der Waals surface area contributed by atoms with Gasteiger partial charge in [-0.2, -0.15) is 5.26 Å². The summed E-state index contributed by atoms with van der Waals surface area (Å²) in [4.78, 5) is 13.0. The lowest BCUT2D eigenvalue weighted by atomic mass is 10.1. The number of carbonyl (C=O) groups is 1. The maximum Gasteiger partial charge on any atom is 0.264 e. The van der Waals surface area contributed by atoms with E-state index < -0.39 is 0 Å². The molecule has 0 fully saturated rings. The normalized spacial score (nSPS) is 10.6. The van der Waals surface area contributed by atoms with E-state index >= 15 is 0 Å². The van der Waals surface area contributed by atoms with Gasteiger partial charge in [-0.05, 0) is 23.8 Å². The molecule has 18 heavy (non-hydrogen) atoms. The van der Waals surface area contributed by atoms with E-state index in [0.717, 1.165) is 6.21 Å². The number of likely N-dealkylation sites (N-methyl/N-ethyl adjacent to an activating group) is 1. The fourth-order valence-corrected chi connectivity index (χ4v) is 1.36. The van der Waals surface area contributed by atoms with E-state index in [9.17, 15) is 4.79 Å². The molecule has 0 aliphatic carbocycles. The number of nitrogens with one attached hydrogen (secondary N) is 1. The molecule has 0 aromatic heterocycles. The van der Waals surface area contributed by atoms with Crippen LogP contribution in [0.2, 0.25) is 0 Å². The molecular weight excluding hydrogens is 228 g/mol. The molecule has 5 heteroatoms. The summed E-state index contributed by atoms with van der Waals surface area (Å²) < 4.78 is 0. The number of hydrogen-bond donors (Lipinski definition) is 2. The van der Waals surface area contributed by atoms with Crippen LogP contribution in [0.25, 0.3) is 6.08 Å². The van der Waals surface area contributed by atoms with Gasteiger partial charge >= 0.3 is 0 Å². The smallest absolute Gasteiger partial charge is 0.264 e. The van der Waals surface area contributed by atoms with Crippen molar-refractivity contribution in [3.63, 3.8) is 0 Å². The summed E-state index contributed by atoms with van der Waals surface area (Å²) in [6.07, 6.45) is 2.61. The Kier molecular flexibility index (Phi) is 4.22. The van der Waals surface area contributed by atoms with Crippen molar-refractivity contribution in [2.75, 3.05) is 19.8 Å². The van der Waals surface area contributed by atoms with E-state index in [4.69, 9.17) is 16.4 Å². The molecule has 0 atom stereocenters. The Morgan fingerprint density at radius 1 is 1.50 bits per heavy atom. The molecule has 0 saturated heterocycles. The van der Waals surface area contributed by atoms with Crippen molar-refractivity contribution in [3.05, 3.63) is 34.9 Å². The van der Waals surface area contributed by atoms with Gasteiger partial charge < -0.3 is 16.0 Å². The van der Waals surface area contributed by atoms with Gasteiger partial charge in [-0.1, -0.05) is 6.07 Å². The summed E-state index contributed by atoms with van der Waals surface area (Å²) in [6, 6.07) is 6.86. The molecule has 0 bridgehead atoms. The van der Waals surface area contributed by atoms with Crippen LogP contribution in [0.15, 0.2) is 23.8 Å². The topological polar surface area (TPSA) is 94.0 Å². The largest absolute Gasteiger partial charge is 0.398 e. The van der Waals surface area contributed by atoms with Crippen LogP contribution in [0, 0.1) is 16.7 Å². The van der Waals surface area contributed by atoms with E-state index in [-0.39, 0.29) is 11.5 Å². The molecule has 3 N–H and O–H groups in total. The van der Waals surface area contributed by atoms with E-state index in [1.165, 1.54) is 11.0 Å². The minimum absolute atomic E-state index is 0.0423. The van der Waals surface area contributed by atoms with Gasteiger partial charge in [0, 0.05) is 31.6 Å². The lowest BCUT2D eigenvalue weighted by molar-refractivity contribution is -0.124. The number of rotatable bonds is 3. The second-order valence-corrected chi connectivity index (χ2v) is 3.90. The highest BCUT2D eigenvalue weighted by Gasteiger charge is 2.11. The third-order valence-electron chi connectivity index (χ3n) is 2.33. The number of hydrogen-bond acceptors (Lipinski definition) is 4. The molecule has 1 amide bonds. The zero-order valence-corrected chi connectivity index (χ0v) is 10.3. The summed E-state index contributed by atoms with van der Waals surface area (Å²) in [5.74, 6) is -0.356. The van der Waals surface area contributed by atoms with Gasteiger partial charge in [-0.3, -0.25) is 4.79 Å². The molecule has 92 valence electrons. The molecule has 0 radical (unpaired) electrons. The van der Waals surface area contributed by atoms with Crippen molar-refractivity contribution in [1.82, 2.24) is 4.90 Å². The van der Waals surface area contributed by atoms with Gasteiger partial charge in [0.15, 0.2) is 0 Å². The van der Waals surface area contributed by atoms with E-state index in [1.54, 1.807) is 32.3 Å². The maximum absolute atomic E-state index is 11.7. The third kappa shape index (κ3) is 2.95. The highest BCUT2D eigenvalue weighted by Crippen LogP contribution is 2.15. The van der Waals surface area contributed by atoms with Crippen LogP contribution in [0.3, 0.4) is 0 Å². The summed E-state index contributed by atoms with van der Waals surface area (Å²) in [5.41, 5.74) is 7.40. The number of nitriles is 1. The first-order chi connectivity index (χ1) is 8.49. The SMILES string of the molecule is CN(C)C(=O)C(C#N)=Cc1ccc(N)c(C=N)c1. The lowest BCUT2D eigenvalue weighted by Gasteiger charge is -2.08. The molecular formula is C13H14N4O. The Morgan fingerprint density at radius 2 is 2.17 bits per heavy atom. The van der Waals surface area contributed by atoms with E-state index in [2.05, 4.69) is 0 Å². The van der Waals surface area contributed by atoms with Crippen molar-refractivity contribution >= 4 is 23.9 Å². The zero-order chi connectivity index (χ0) is 13.7. The summed E-state index contributed by atoms with van der Waals surface area (Å²) >= 11 is 0. The van der Waals surface area contributed by atoms with Gasteiger partial charge in [0.2, 0.25) is 0 Å². The van der Waals surface area contributed by atoms with Gasteiger partial charge in [-0.15, -0.1) is 0 Å². The van der Waals surface area contributed by atoms with Crippen LogP contribution in [0.5, 0.6) is 0 Å². The van der Waals surface area contributed by atoms with Crippen LogP contribution in [0.1, 0.15) is 11.1 Å². The Labute approximate surface area is 106 Å². The summed E-state index contributed by atoms with van der Waals surface area (Å²) in [7, 11) is 3.17. The number of anilines is 1. The lowest BCUT2D eigenvalue weighted by Crippen LogP contribution is -2.22. The number of nitrogens with zero attached hydrogens (tertiary/aromatic N) is 2. The van der Waals surface area contributed by atoms with Gasteiger partial charge in [0.1, 0.15) is 11.6 Å². The van der Waals surface area contributed by atoms with E-state index in [1.807, 2.05) is 6.07 Å². The first-order valence-corrected chi connectivity index (χ1v) is 5.23. The van der Waals surface area contributed by atoms with Crippen LogP contribution in [-0.2, 0) is 4.79 Å². The number of nitrogens with two attached hydrogens (primary N) is 1. The first-order valence-electron chi connectivity index (χ1n) is 5.23. The molecule has 5 nitrogen and oxygen atoms in total. The Morgan fingerprint density at radius 3 is 2.67 bits per heavy atom. The monoisotopic (exact) mass is 242 g/mol. The second-order valence-electron chi connectivity index (χ2n) is 3.90. The van der Waals surface area contributed by atoms with Crippen molar-refractivity contribution in [2.45, 2.75) is 0 Å². The standard InChI is InChI=1S/C13H14N4O/c1-17(2)13(18)11(8-15)6-9-3-4-12(16)10(5-9)7-14/h3-7,14H,16H2,1-2H3. The molecule has 1 aromatic carbocycles. The van der Waals surface area contributed by atoms with Crippen LogP contribution >= 0.6 is 0 Å². The molecule has 0 heterocycles. The first kappa shape index (κ1) is 13.5. The third-order valence-corrected chi connectivity index (χ3v) is 2.33. The quantitative estimate of drug-likeness (QED) is 0.361. The zero-order valence-electron chi connectivity index (χ0n) is 10.3. The Hall–Kier alpha value is -2.61. The van der Waals surface area contributed by atoms with Crippen molar-refractivity contribution in [1.29, 1.82) is 10.7 Å². The highest BCUT2D eigenvalue weighted by molar-refractivity contribution is 6.01. The molecule has 0 saturated carbocycles. The molecule has 1 aromatic rings. The Bertz CT molecular complexity index is 553. The highest BCUT2D eigenvalue weighted by atomic mass is 16.2. The van der Waals surface area contributed by atoms with Gasteiger partial charge in [-0.25, -0.2) is 0 Å². The van der Waals surface area contributed by atoms with Crippen molar-refractivity contribution in [3.8, 4) is 6.07 Å². The minimum Gasteiger partial charge on any atom is -0.398 e. The summed E-state index contributed by atoms with van der Waals surface area (Å²) in [6.45, 7) is 0. The van der Waals surface area contributed by atoms with E-state index in [0.29, 0.717) is 16.8 Å². The average Bonchev–Trinajstić information content (AvgIpc) is 2.36. The van der Waals surface area contributed by atoms with Crippen molar-refractivity contribution < 1.29 is 4.79 Å². The predicted molar refractivity (Wildman–Crippen MR) is 71.0 cm³/mol. The maximum atomic E-state index is 11.7. The predicted octanol–water partition coefficient (Wildman–Crippen LogP) is 1.26.